The van der Waals surface area contributed by atoms with Crippen molar-refractivity contribution in [2.24, 2.45) is 0 Å². The summed E-state index contributed by atoms with van der Waals surface area (Å²) < 4.78 is 0. The van der Waals surface area contributed by atoms with Crippen LogP contribution in [-0.4, -0.2) is 25.3 Å². The van der Waals surface area contributed by atoms with Crippen molar-refractivity contribution in [3.63, 3.8) is 0 Å². The van der Waals surface area contributed by atoms with E-state index < -0.39 is 0 Å². The van der Waals surface area contributed by atoms with Crippen molar-refractivity contribution in [1.82, 2.24) is 0 Å². The lowest BCUT2D eigenvalue weighted by atomic mass is 10.2. The van der Waals surface area contributed by atoms with E-state index in [0.717, 1.165) is 10.7 Å². The SMILES string of the molecule is Cc1ccc(Cl)cc1N(C)CCO. The van der Waals surface area contributed by atoms with Crippen LogP contribution in [0.25, 0.3) is 0 Å². The maximum absolute atomic E-state index is 8.78. The van der Waals surface area contributed by atoms with Gasteiger partial charge in [-0.25, -0.2) is 0 Å². The van der Waals surface area contributed by atoms with Crippen LogP contribution in [0.1, 0.15) is 5.56 Å². The maximum atomic E-state index is 8.78. The van der Waals surface area contributed by atoms with Gasteiger partial charge in [0.25, 0.3) is 0 Å². The largest absolute Gasteiger partial charge is 0.395 e. The summed E-state index contributed by atoms with van der Waals surface area (Å²) in [5.74, 6) is 0. The van der Waals surface area contributed by atoms with Gasteiger partial charge in [-0.2, -0.15) is 0 Å². The fourth-order valence-corrected chi connectivity index (χ4v) is 1.43. The summed E-state index contributed by atoms with van der Waals surface area (Å²) in [6, 6.07) is 5.76. The Kier molecular flexibility index (Phi) is 3.58. The molecular weight excluding hydrogens is 186 g/mol. The molecule has 0 atom stereocenters. The molecule has 2 nitrogen and oxygen atoms in total. The van der Waals surface area contributed by atoms with Crippen LogP contribution < -0.4 is 4.90 Å². The number of hydrogen-bond acceptors (Lipinski definition) is 2. The number of aryl methyl sites for hydroxylation is 1. The lowest BCUT2D eigenvalue weighted by molar-refractivity contribution is 0.304. The lowest BCUT2D eigenvalue weighted by Gasteiger charge is -2.20. The Hall–Kier alpha value is -0.730. The van der Waals surface area contributed by atoms with Gasteiger partial charge >= 0.3 is 0 Å². The predicted octanol–water partition coefficient (Wildman–Crippen LogP) is 2.08. The van der Waals surface area contributed by atoms with E-state index in [2.05, 4.69) is 0 Å². The van der Waals surface area contributed by atoms with Crippen molar-refractivity contribution in [3.05, 3.63) is 28.8 Å². The second-order valence-corrected chi connectivity index (χ2v) is 3.51. The van der Waals surface area contributed by atoms with Gasteiger partial charge in [0.15, 0.2) is 0 Å². The summed E-state index contributed by atoms with van der Waals surface area (Å²) in [7, 11) is 1.94. The Morgan fingerprint density at radius 3 is 2.77 bits per heavy atom. The predicted molar refractivity (Wildman–Crippen MR) is 56.5 cm³/mol. The molecule has 0 aromatic heterocycles. The van der Waals surface area contributed by atoms with Crippen LogP contribution in [0, 0.1) is 6.92 Å². The topological polar surface area (TPSA) is 23.5 Å². The van der Waals surface area contributed by atoms with E-state index in [4.69, 9.17) is 16.7 Å². The fraction of sp³-hybridized carbons (Fsp3) is 0.400. The maximum Gasteiger partial charge on any atom is 0.0606 e. The lowest BCUT2D eigenvalue weighted by Crippen LogP contribution is -2.21. The van der Waals surface area contributed by atoms with E-state index >= 15 is 0 Å². The van der Waals surface area contributed by atoms with Crippen molar-refractivity contribution in [2.45, 2.75) is 6.92 Å². The first-order valence-corrected chi connectivity index (χ1v) is 4.61. The number of rotatable bonds is 3. The van der Waals surface area contributed by atoms with E-state index in [9.17, 15) is 0 Å². The Balaban J connectivity index is 2.91. The van der Waals surface area contributed by atoms with Crippen LogP contribution >= 0.6 is 11.6 Å². The number of anilines is 1. The molecule has 1 aromatic rings. The quantitative estimate of drug-likeness (QED) is 0.806. The molecule has 0 bridgehead atoms. The van der Waals surface area contributed by atoms with E-state index in [-0.39, 0.29) is 6.61 Å². The number of aliphatic hydroxyl groups excluding tert-OH is 1. The number of benzene rings is 1. The number of aliphatic hydroxyl groups is 1. The molecule has 0 aliphatic carbocycles. The minimum atomic E-state index is 0.155. The average molecular weight is 200 g/mol. The Morgan fingerprint density at radius 1 is 1.46 bits per heavy atom. The molecule has 13 heavy (non-hydrogen) atoms. The molecule has 0 saturated heterocycles. The van der Waals surface area contributed by atoms with Gasteiger partial charge in [0.2, 0.25) is 0 Å². The van der Waals surface area contributed by atoms with Crippen molar-refractivity contribution in [3.8, 4) is 0 Å². The molecule has 0 spiro atoms. The second-order valence-electron chi connectivity index (χ2n) is 3.08. The van der Waals surface area contributed by atoms with Crippen LogP contribution in [0.5, 0.6) is 0 Å². The summed E-state index contributed by atoms with van der Waals surface area (Å²) in [5.41, 5.74) is 2.24. The molecule has 3 heteroatoms. The van der Waals surface area contributed by atoms with Crippen molar-refractivity contribution >= 4 is 17.3 Å². The molecule has 72 valence electrons. The molecule has 0 saturated carbocycles. The number of nitrogens with zero attached hydrogens (tertiary/aromatic N) is 1. The van der Waals surface area contributed by atoms with E-state index in [1.54, 1.807) is 0 Å². The minimum absolute atomic E-state index is 0.155. The molecular formula is C10H14ClNO. The molecule has 0 fully saturated rings. The van der Waals surface area contributed by atoms with Crippen molar-refractivity contribution < 1.29 is 5.11 Å². The summed E-state index contributed by atoms with van der Waals surface area (Å²) in [4.78, 5) is 1.99. The molecule has 0 radical (unpaired) electrons. The first-order chi connectivity index (χ1) is 6.15. The zero-order valence-electron chi connectivity index (χ0n) is 7.92. The van der Waals surface area contributed by atoms with Crippen LogP contribution in [0.3, 0.4) is 0 Å². The van der Waals surface area contributed by atoms with Gasteiger partial charge in [-0.05, 0) is 24.6 Å². The first-order valence-electron chi connectivity index (χ1n) is 4.23. The monoisotopic (exact) mass is 199 g/mol. The summed E-state index contributed by atoms with van der Waals surface area (Å²) in [6.45, 7) is 2.81. The van der Waals surface area contributed by atoms with Crippen molar-refractivity contribution in [1.29, 1.82) is 0 Å². The van der Waals surface area contributed by atoms with Gasteiger partial charge in [-0.15, -0.1) is 0 Å². The summed E-state index contributed by atoms with van der Waals surface area (Å²) >= 11 is 5.87. The smallest absolute Gasteiger partial charge is 0.0606 e. The van der Waals surface area contributed by atoms with Crippen LogP contribution in [0.15, 0.2) is 18.2 Å². The summed E-state index contributed by atoms with van der Waals surface area (Å²) in [6.07, 6.45) is 0. The van der Waals surface area contributed by atoms with Crippen LogP contribution in [0.2, 0.25) is 5.02 Å². The molecule has 0 aliphatic heterocycles. The van der Waals surface area contributed by atoms with E-state index in [1.807, 2.05) is 37.1 Å². The standard InChI is InChI=1S/C10H14ClNO/c1-8-3-4-9(11)7-10(8)12(2)5-6-13/h3-4,7,13H,5-6H2,1-2H3. The Bertz CT molecular complexity index is 288. The van der Waals surface area contributed by atoms with E-state index in [0.29, 0.717) is 6.54 Å². The Morgan fingerprint density at radius 2 is 2.15 bits per heavy atom. The molecule has 1 aromatic carbocycles. The molecule has 1 N–H and O–H groups in total. The highest BCUT2D eigenvalue weighted by molar-refractivity contribution is 6.30. The third kappa shape index (κ3) is 2.61. The van der Waals surface area contributed by atoms with Gasteiger partial charge in [0.05, 0.1) is 6.61 Å². The number of halogens is 1. The normalized spacial score (nSPS) is 10.2. The van der Waals surface area contributed by atoms with Gasteiger partial charge in [0.1, 0.15) is 0 Å². The van der Waals surface area contributed by atoms with Crippen LogP contribution in [0.4, 0.5) is 5.69 Å². The first kappa shape index (κ1) is 10.4. The van der Waals surface area contributed by atoms with Gasteiger partial charge in [0, 0.05) is 24.3 Å². The molecule has 0 amide bonds. The van der Waals surface area contributed by atoms with Gasteiger partial charge in [-0.3, -0.25) is 0 Å². The zero-order valence-corrected chi connectivity index (χ0v) is 8.67. The molecule has 0 aliphatic rings. The number of likely N-dealkylation sites (N-methyl/N-ethyl adjacent to an activating group) is 1. The third-order valence-corrected chi connectivity index (χ3v) is 2.25. The third-order valence-electron chi connectivity index (χ3n) is 2.02. The van der Waals surface area contributed by atoms with Gasteiger partial charge in [-0.1, -0.05) is 17.7 Å². The summed E-state index contributed by atoms with van der Waals surface area (Å²) in [5, 5.41) is 9.51. The van der Waals surface area contributed by atoms with E-state index in [1.165, 1.54) is 5.56 Å². The molecule has 1 rings (SSSR count). The number of hydrogen-bond donors (Lipinski definition) is 1. The fourth-order valence-electron chi connectivity index (χ4n) is 1.26. The molecule has 0 heterocycles. The average Bonchev–Trinajstić information content (AvgIpc) is 2.09. The van der Waals surface area contributed by atoms with Gasteiger partial charge < -0.3 is 10.0 Å². The van der Waals surface area contributed by atoms with Crippen LogP contribution in [-0.2, 0) is 0 Å². The minimum Gasteiger partial charge on any atom is -0.395 e. The molecule has 0 unspecified atom stereocenters. The Labute approximate surface area is 83.7 Å². The second kappa shape index (κ2) is 4.49. The highest BCUT2D eigenvalue weighted by Crippen LogP contribution is 2.22. The highest BCUT2D eigenvalue weighted by Gasteiger charge is 2.03. The highest BCUT2D eigenvalue weighted by atomic mass is 35.5. The zero-order chi connectivity index (χ0) is 9.84. The van der Waals surface area contributed by atoms with Crippen molar-refractivity contribution in [2.75, 3.05) is 25.1 Å².